The standard InChI is InChI=1S/C14H17N3O2S/c1-19-6-5-17(9-12-3-2-4-15-8-12)14(18)7-13-10-20-11-16-13/h2-4,8,10-11H,5-7,9H2,1H3. The fourth-order valence-electron chi connectivity index (χ4n) is 1.80. The van der Waals surface area contributed by atoms with Crippen LogP contribution in [0.25, 0.3) is 0 Å². The van der Waals surface area contributed by atoms with E-state index in [2.05, 4.69) is 9.97 Å². The molecule has 2 aromatic rings. The Labute approximate surface area is 122 Å². The molecule has 0 spiro atoms. The van der Waals surface area contributed by atoms with E-state index in [9.17, 15) is 4.79 Å². The van der Waals surface area contributed by atoms with Gasteiger partial charge in [0.15, 0.2) is 0 Å². The predicted molar refractivity (Wildman–Crippen MR) is 77.3 cm³/mol. The van der Waals surface area contributed by atoms with E-state index in [1.54, 1.807) is 29.9 Å². The first-order valence-electron chi connectivity index (χ1n) is 6.32. The summed E-state index contributed by atoms with van der Waals surface area (Å²) in [5, 5.41) is 1.90. The molecule has 2 heterocycles. The predicted octanol–water partition coefficient (Wildman–Crippen LogP) is 1.76. The Kier molecular flexibility index (Phi) is 5.64. The lowest BCUT2D eigenvalue weighted by Gasteiger charge is -2.22. The van der Waals surface area contributed by atoms with Crippen LogP contribution in [0.2, 0.25) is 0 Å². The zero-order valence-electron chi connectivity index (χ0n) is 11.4. The summed E-state index contributed by atoms with van der Waals surface area (Å²) >= 11 is 1.50. The summed E-state index contributed by atoms with van der Waals surface area (Å²) in [6, 6.07) is 3.83. The number of ether oxygens (including phenoxy) is 1. The number of nitrogens with zero attached hydrogens (tertiary/aromatic N) is 3. The maximum atomic E-state index is 12.3. The van der Waals surface area contributed by atoms with Gasteiger partial charge in [0.2, 0.25) is 5.91 Å². The normalized spacial score (nSPS) is 10.4. The molecule has 0 aliphatic heterocycles. The van der Waals surface area contributed by atoms with Crippen molar-refractivity contribution in [2.45, 2.75) is 13.0 Å². The van der Waals surface area contributed by atoms with Gasteiger partial charge in [0.05, 0.1) is 24.2 Å². The van der Waals surface area contributed by atoms with E-state index >= 15 is 0 Å². The lowest BCUT2D eigenvalue weighted by molar-refractivity contribution is -0.131. The molecule has 0 fully saturated rings. The lowest BCUT2D eigenvalue weighted by atomic mass is 10.2. The van der Waals surface area contributed by atoms with Crippen LogP contribution in [0.4, 0.5) is 0 Å². The van der Waals surface area contributed by atoms with E-state index in [1.165, 1.54) is 11.3 Å². The minimum atomic E-state index is 0.0526. The number of hydrogen-bond acceptors (Lipinski definition) is 5. The van der Waals surface area contributed by atoms with Gasteiger partial charge in [-0.2, -0.15) is 0 Å². The Balaban J connectivity index is 2.00. The van der Waals surface area contributed by atoms with Crippen LogP contribution >= 0.6 is 11.3 Å². The Bertz CT molecular complexity index is 516. The molecular weight excluding hydrogens is 274 g/mol. The zero-order chi connectivity index (χ0) is 14.2. The number of carbonyl (C=O) groups is 1. The number of pyridine rings is 1. The van der Waals surface area contributed by atoms with E-state index in [0.717, 1.165) is 11.3 Å². The first-order valence-corrected chi connectivity index (χ1v) is 7.26. The molecule has 0 aliphatic carbocycles. The number of rotatable bonds is 7. The molecule has 0 bridgehead atoms. The van der Waals surface area contributed by atoms with Crippen molar-refractivity contribution < 1.29 is 9.53 Å². The van der Waals surface area contributed by atoms with Crippen molar-refractivity contribution in [3.05, 3.63) is 46.7 Å². The van der Waals surface area contributed by atoms with Gasteiger partial charge >= 0.3 is 0 Å². The summed E-state index contributed by atoms with van der Waals surface area (Å²) < 4.78 is 5.07. The monoisotopic (exact) mass is 291 g/mol. The zero-order valence-corrected chi connectivity index (χ0v) is 12.2. The Morgan fingerprint density at radius 3 is 3.05 bits per heavy atom. The first-order chi connectivity index (χ1) is 9.79. The van der Waals surface area contributed by atoms with Crippen molar-refractivity contribution in [2.24, 2.45) is 0 Å². The maximum Gasteiger partial charge on any atom is 0.229 e. The average Bonchev–Trinajstić information content (AvgIpc) is 2.97. The SMILES string of the molecule is COCCN(Cc1cccnc1)C(=O)Cc1cscn1. The summed E-state index contributed by atoms with van der Waals surface area (Å²) in [5.41, 5.74) is 3.56. The van der Waals surface area contributed by atoms with Gasteiger partial charge in [0, 0.05) is 38.0 Å². The minimum absolute atomic E-state index is 0.0526. The van der Waals surface area contributed by atoms with E-state index in [-0.39, 0.29) is 5.91 Å². The van der Waals surface area contributed by atoms with E-state index in [1.807, 2.05) is 17.5 Å². The van der Waals surface area contributed by atoms with Crippen molar-refractivity contribution in [2.75, 3.05) is 20.3 Å². The molecular formula is C14H17N3O2S. The smallest absolute Gasteiger partial charge is 0.229 e. The van der Waals surface area contributed by atoms with Crippen LogP contribution in [-0.2, 0) is 22.5 Å². The fourth-order valence-corrected chi connectivity index (χ4v) is 2.36. The highest BCUT2D eigenvalue weighted by Crippen LogP contribution is 2.08. The highest BCUT2D eigenvalue weighted by Gasteiger charge is 2.15. The summed E-state index contributed by atoms with van der Waals surface area (Å²) in [6.07, 6.45) is 3.82. The van der Waals surface area contributed by atoms with Crippen LogP contribution in [0.15, 0.2) is 35.4 Å². The lowest BCUT2D eigenvalue weighted by Crippen LogP contribution is -2.34. The number of carbonyl (C=O) groups excluding carboxylic acids is 1. The van der Waals surface area contributed by atoms with Gasteiger partial charge in [0.25, 0.3) is 0 Å². The van der Waals surface area contributed by atoms with Crippen molar-refractivity contribution in [3.8, 4) is 0 Å². The van der Waals surface area contributed by atoms with Crippen molar-refractivity contribution in [1.29, 1.82) is 0 Å². The third-order valence-electron chi connectivity index (χ3n) is 2.83. The van der Waals surface area contributed by atoms with Gasteiger partial charge in [-0.15, -0.1) is 11.3 Å². The van der Waals surface area contributed by atoms with Gasteiger partial charge in [-0.05, 0) is 11.6 Å². The molecule has 0 atom stereocenters. The molecule has 2 aromatic heterocycles. The number of amides is 1. The van der Waals surface area contributed by atoms with Gasteiger partial charge in [-0.25, -0.2) is 4.98 Å². The number of methoxy groups -OCH3 is 1. The van der Waals surface area contributed by atoms with Crippen LogP contribution in [0, 0.1) is 0 Å². The summed E-state index contributed by atoms with van der Waals surface area (Å²) in [4.78, 5) is 22.3. The second-order valence-corrected chi connectivity index (χ2v) is 5.04. The molecule has 0 saturated heterocycles. The molecule has 5 nitrogen and oxygen atoms in total. The maximum absolute atomic E-state index is 12.3. The summed E-state index contributed by atoms with van der Waals surface area (Å²) in [5.74, 6) is 0.0526. The van der Waals surface area contributed by atoms with Crippen molar-refractivity contribution in [1.82, 2.24) is 14.9 Å². The Morgan fingerprint density at radius 1 is 1.50 bits per heavy atom. The Hall–Kier alpha value is -1.79. The third-order valence-corrected chi connectivity index (χ3v) is 3.47. The molecule has 2 rings (SSSR count). The number of aromatic nitrogens is 2. The topological polar surface area (TPSA) is 55.3 Å². The van der Waals surface area contributed by atoms with Crippen LogP contribution in [0.1, 0.15) is 11.3 Å². The minimum Gasteiger partial charge on any atom is -0.383 e. The van der Waals surface area contributed by atoms with Gasteiger partial charge in [0.1, 0.15) is 0 Å². The molecule has 106 valence electrons. The largest absolute Gasteiger partial charge is 0.383 e. The van der Waals surface area contributed by atoms with Crippen LogP contribution in [0.5, 0.6) is 0 Å². The van der Waals surface area contributed by atoms with Crippen LogP contribution in [0.3, 0.4) is 0 Å². The van der Waals surface area contributed by atoms with Gasteiger partial charge in [-0.1, -0.05) is 6.07 Å². The molecule has 0 aromatic carbocycles. The number of hydrogen-bond donors (Lipinski definition) is 0. The molecule has 0 aliphatic rings. The van der Waals surface area contributed by atoms with E-state index < -0.39 is 0 Å². The Morgan fingerprint density at radius 2 is 2.40 bits per heavy atom. The first kappa shape index (κ1) is 14.6. The van der Waals surface area contributed by atoms with Crippen molar-refractivity contribution in [3.63, 3.8) is 0 Å². The van der Waals surface area contributed by atoms with Crippen molar-refractivity contribution >= 4 is 17.2 Å². The fraction of sp³-hybridized carbons (Fsp3) is 0.357. The van der Waals surface area contributed by atoms with Crippen LogP contribution < -0.4 is 0 Å². The van der Waals surface area contributed by atoms with Gasteiger partial charge in [-0.3, -0.25) is 9.78 Å². The molecule has 1 amide bonds. The van der Waals surface area contributed by atoms with Crippen LogP contribution in [-0.4, -0.2) is 41.0 Å². The summed E-state index contributed by atoms with van der Waals surface area (Å²) in [6.45, 7) is 1.62. The van der Waals surface area contributed by atoms with E-state index in [0.29, 0.717) is 26.1 Å². The average molecular weight is 291 g/mol. The molecule has 20 heavy (non-hydrogen) atoms. The second-order valence-electron chi connectivity index (χ2n) is 4.33. The highest BCUT2D eigenvalue weighted by molar-refractivity contribution is 7.07. The van der Waals surface area contributed by atoms with Gasteiger partial charge < -0.3 is 9.64 Å². The molecule has 0 N–H and O–H groups in total. The molecule has 0 unspecified atom stereocenters. The molecule has 0 saturated carbocycles. The summed E-state index contributed by atoms with van der Waals surface area (Å²) in [7, 11) is 1.63. The highest BCUT2D eigenvalue weighted by atomic mass is 32.1. The molecule has 6 heteroatoms. The quantitative estimate of drug-likeness (QED) is 0.780. The van der Waals surface area contributed by atoms with E-state index in [4.69, 9.17) is 4.74 Å². The number of thiazole rings is 1. The second kappa shape index (κ2) is 7.72. The third kappa shape index (κ3) is 4.40. The molecule has 0 radical (unpaired) electrons.